The second-order valence-electron chi connectivity index (χ2n) is 7.79. The fraction of sp³-hybridized carbons (Fsp3) is 0.227. The lowest BCUT2D eigenvalue weighted by atomic mass is 9.78. The Labute approximate surface area is 194 Å². The van der Waals surface area contributed by atoms with Gasteiger partial charge < -0.3 is 25.5 Å². The average Bonchev–Trinajstić information content (AvgIpc) is 3.37. The van der Waals surface area contributed by atoms with Crippen molar-refractivity contribution in [3.05, 3.63) is 59.0 Å². The first-order valence-corrected chi connectivity index (χ1v) is 10.6. The van der Waals surface area contributed by atoms with Crippen molar-refractivity contribution in [2.24, 2.45) is 0 Å². The number of aromatic nitrogens is 5. The minimum absolute atomic E-state index is 0.201. The third-order valence-corrected chi connectivity index (χ3v) is 6.00. The summed E-state index contributed by atoms with van der Waals surface area (Å²) in [5.41, 5.74) is 7.76. The fourth-order valence-electron chi connectivity index (χ4n) is 4.01. The molecule has 0 bridgehead atoms. The van der Waals surface area contributed by atoms with Crippen LogP contribution >= 0.6 is 11.6 Å². The van der Waals surface area contributed by atoms with Crippen LogP contribution in [-0.2, 0) is 14.9 Å². The summed E-state index contributed by atoms with van der Waals surface area (Å²) >= 11 is 6.03. The number of ether oxygens (including phenoxy) is 1. The van der Waals surface area contributed by atoms with Gasteiger partial charge in [-0.05, 0) is 24.6 Å². The lowest BCUT2D eigenvalue weighted by Crippen LogP contribution is -2.32. The number of nitrogens with one attached hydrogen (secondary N) is 2. The third kappa shape index (κ3) is 3.43. The number of nitrogen functional groups attached to an aromatic ring is 1. The van der Waals surface area contributed by atoms with E-state index in [1.165, 1.54) is 0 Å². The van der Waals surface area contributed by atoms with Gasteiger partial charge in [0.1, 0.15) is 22.7 Å². The number of nitrogens with zero attached hydrogens (tertiary/aromatic N) is 5. The normalized spacial score (nSPS) is 17.2. The van der Waals surface area contributed by atoms with E-state index in [1.807, 2.05) is 4.40 Å². The Morgan fingerprint density at radius 3 is 2.79 bits per heavy atom. The van der Waals surface area contributed by atoms with Crippen molar-refractivity contribution < 1.29 is 9.53 Å². The molecule has 0 unspecified atom stereocenters. The number of nitrogens with two attached hydrogens (primary N) is 1. The Bertz CT molecular complexity index is 1370. The molecule has 5 rings (SSSR count). The predicted molar refractivity (Wildman–Crippen MR) is 125 cm³/mol. The summed E-state index contributed by atoms with van der Waals surface area (Å²) in [7, 11) is 1.63. The van der Waals surface area contributed by atoms with Crippen LogP contribution in [0, 0.1) is 0 Å². The van der Waals surface area contributed by atoms with E-state index in [1.54, 1.807) is 56.9 Å². The first kappa shape index (κ1) is 21.1. The number of rotatable bonds is 6. The van der Waals surface area contributed by atoms with E-state index in [4.69, 9.17) is 22.1 Å². The van der Waals surface area contributed by atoms with Crippen LogP contribution < -0.4 is 16.4 Å². The SMILES string of the molecule is COCCNc1nc(-c2nc(N)c3c(n2)NC(=O)[C@]3(C)c2ccc(Cl)cc2)cn2ccnc12. The molecule has 0 aliphatic carbocycles. The Kier molecular flexibility index (Phi) is 5.10. The summed E-state index contributed by atoms with van der Waals surface area (Å²) in [5, 5.41) is 6.65. The molecule has 10 nitrogen and oxygen atoms in total. The highest BCUT2D eigenvalue weighted by Gasteiger charge is 2.47. The Hall–Kier alpha value is -3.76. The second kappa shape index (κ2) is 7.98. The number of carbonyl (C=O) groups excluding carboxylic acids is 1. The van der Waals surface area contributed by atoms with E-state index in [0.29, 0.717) is 46.7 Å². The molecule has 1 amide bonds. The molecule has 0 spiro atoms. The highest BCUT2D eigenvalue weighted by atomic mass is 35.5. The van der Waals surface area contributed by atoms with Crippen LogP contribution in [0.5, 0.6) is 0 Å². The van der Waals surface area contributed by atoms with Crippen molar-refractivity contribution in [3.63, 3.8) is 0 Å². The van der Waals surface area contributed by atoms with Crippen LogP contribution in [0.4, 0.5) is 17.5 Å². The number of hydrogen-bond acceptors (Lipinski definition) is 8. The molecule has 1 atom stereocenters. The standard InChI is InChI=1S/C22H21ClN8O2/c1-22(12-3-5-13(23)6-4-12)15-16(24)28-17(29-18(15)30-21(22)32)14-11-31-9-7-26-20(31)19(27-14)25-8-10-33-2/h3-7,9,11H,8,10H2,1-2H3,(H,25,27)(H3,24,28,29,30,32)/t22-/m1/s1. The summed E-state index contributed by atoms with van der Waals surface area (Å²) < 4.78 is 6.92. The molecule has 1 aliphatic rings. The number of hydrogen-bond donors (Lipinski definition) is 3. The zero-order valence-corrected chi connectivity index (χ0v) is 18.7. The molecule has 1 aliphatic heterocycles. The molecule has 4 aromatic rings. The van der Waals surface area contributed by atoms with Crippen molar-refractivity contribution >= 4 is 40.6 Å². The van der Waals surface area contributed by atoms with Gasteiger partial charge in [0.15, 0.2) is 17.3 Å². The number of halogens is 1. The lowest BCUT2D eigenvalue weighted by Gasteiger charge is -2.23. The van der Waals surface area contributed by atoms with E-state index < -0.39 is 5.41 Å². The largest absolute Gasteiger partial charge is 0.383 e. The van der Waals surface area contributed by atoms with Crippen LogP contribution in [0.1, 0.15) is 18.1 Å². The van der Waals surface area contributed by atoms with Crippen LogP contribution in [0.25, 0.3) is 17.2 Å². The maximum atomic E-state index is 13.1. The van der Waals surface area contributed by atoms with Gasteiger partial charge in [-0.25, -0.2) is 19.9 Å². The van der Waals surface area contributed by atoms with Gasteiger partial charge in [0.05, 0.1) is 12.2 Å². The van der Waals surface area contributed by atoms with Gasteiger partial charge >= 0.3 is 0 Å². The van der Waals surface area contributed by atoms with Crippen LogP contribution in [0.3, 0.4) is 0 Å². The molecule has 0 radical (unpaired) electrons. The average molecular weight is 465 g/mol. The molecule has 0 fully saturated rings. The summed E-state index contributed by atoms with van der Waals surface area (Å²) in [4.78, 5) is 31.2. The molecule has 0 saturated carbocycles. The number of imidazole rings is 1. The van der Waals surface area contributed by atoms with E-state index in [0.717, 1.165) is 5.56 Å². The first-order chi connectivity index (χ1) is 15.9. The van der Waals surface area contributed by atoms with Gasteiger partial charge in [-0.15, -0.1) is 0 Å². The molecule has 168 valence electrons. The number of methoxy groups -OCH3 is 1. The minimum atomic E-state index is -1.04. The zero-order chi connectivity index (χ0) is 23.2. The highest BCUT2D eigenvalue weighted by molar-refractivity contribution is 6.30. The van der Waals surface area contributed by atoms with Crippen molar-refractivity contribution in [2.75, 3.05) is 36.6 Å². The molecular formula is C22H21ClN8O2. The molecule has 4 heterocycles. The fourth-order valence-corrected chi connectivity index (χ4v) is 4.14. The molecule has 33 heavy (non-hydrogen) atoms. The summed E-state index contributed by atoms with van der Waals surface area (Å²) in [6, 6.07) is 7.08. The molecule has 0 saturated heterocycles. The maximum Gasteiger partial charge on any atom is 0.240 e. The lowest BCUT2D eigenvalue weighted by molar-refractivity contribution is -0.119. The van der Waals surface area contributed by atoms with Crippen LogP contribution in [-0.4, -0.2) is 50.5 Å². The Morgan fingerprint density at radius 1 is 1.24 bits per heavy atom. The molecular weight excluding hydrogens is 444 g/mol. The van der Waals surface area contributed by atoms with Crippen molar-refractivity contribution in [2.45, 2.75) is 12.3 Å². The van der Waals surface area contributed by atoms with Gasteiger partial charge in [0, 0.05) is 37.3 Å². The summed E-state index contributed by atoms with van der Waals surface area (Å²) in [6.45, 7) is 2.86. The quantitative estimate of drug-likeness (QED) is 0.371. The number of carbonyl (C=O) groups is 1. The van der Waals surface area contributed by atoms with Gasteiger partial charge in [-0.2, -0.15) is 0 Å². The molecule has 11 heteroatoms. The highest BCUT2D eigenvalue weighted by Crippen LogP contribution is 2.45. The molecule has 4 N–H and O–H groups in total. The summed E-state index contributed by atoms with van der Waals surface area (Å²) in [6.07, 6.45) is 5.25. The molecule has 3 aromatic heterocycles. The second-order valence-corrected chi connectivity index (χ2v) is 8.23. The van der Waals surface area contributed by atoms with Crippen LogP contribution in [0.15, 0.2) is 42.9 Å². The zero-order valence-electron chi connectivity index (χ0n) is 18.0. The van der Waals surface area contributed by atoms with E-state index >= 15 is 0 Å². The van der Waals surface area contributed by atoms with Crippen LogP contribution in [0.2, 0.25) is 5.02 Å². The third-order valence-electron chi connectivity index (χ3n) is 5.75. The Morgan fingerprint density at radius 2 is 2.03 bits per heavy atom. The van der Waals surface area contributed by atoms with Gasteiger partial charge in [0.2, 0.25) is 5.91 Å². The summed E-state index contributed by atoms with van der Waals surface area (Å²) in [5.74, 6) is 1.18. The first-order valence-electron chi connectivity index (χ1n) is 10.2. The smallest absolute Gasteiger partial charge is 0.240 e. The van der Waals surface area contributed by atoms with Gasteiger partial charge in [0.25, 0.3) is 0 Å². The van der Waals surface area contributed by atoms with Crippen molar-refractivity contribution in [1.82, 2.24) is 24.3 Å². The number of amides is 1. The van der Waals surface area contributed by atoms with Gasteiger partial charge in [-0.3, -0.25) is 4.79 Å². The topological polar surface area (TPSA) is 132 Å². The van der Waals surface area contributed by atoms with Crippen molar-refractivity contribution in [3.8, 4) is 11.5 Å². The van der Waals surface area contributed by atoms with E-state index in [2.05, 4.69) is 30.6 Å². The predicted octanol–water partition coefficient (Wildman–Crippen LogP) is 2.74. The molecule has 1 aromatic carbocycles. The maximum absolute atomic E-state index is 13.1. The van der Waals surface area contributed by atoms with E-state index in [-0.39, 0.29) is 17.5 Å². The Balaban J connectivity index is 1.60. The van der Waals surface area contributed by atoms with E-state index in [9.17, 15) is 4.79 Å². The number of anilines is 3. The number of benzene rings is 1. The number of fused-ring (bicyclic) bond motifs is 2. The minimum Gasteiger partial charge on any atom is -0.383 e. The monoisotopic (exact) mass is 464 g/mol. The van der Waals surface area contributed by atoms with Gasteiger partial charge in [-0.1, -0.05) is 23.7 Å². The van der Waals surface area contributed by atoms with Crippen molar-refractivity contribution in [1.29, 1.82) is 0 Å².